The lowest BCUT2D eigenvalue weighted by Crippen LogP contribution is -2.50. The van der Waals surface area contributed by atoms with Crippen molar-refractivity contribution in [1.29, 1.82) is 0 Å². The second kappa shape index (κ2) is 14.0. The number of halogens is 1. The Morgan fingerprint density at radius 3 is 2.52 bits per heavy atom. The van der Waals surface area contributed by atoms with Gasteiger partial charge in [-0.1, -0.05) is 32.1 Å². The fourth-order valence-electron chi connectivity index (χ4n) is 8.06. The van der Waals surface area contributed by atoms with E-state index in [1.54, 1.807) is 24.3 Å². The minimum atomic E-state index is -0.543. The summed E-state index contributed by atoms with van der Waals surface area (Å²) in [5, 5.41) is 3.78. The molecular weight excluding hydrogens is 565 g/mol. The maximum atomic E-state index is 14.0. The summed E-state index contributed by atoms with van der Waals surface area (Å²) < 4.78 is 29.8. The van der Waals surface area contributed by atoms with Gasteiger partial charge in [-0.25, -0.2) is 9.18 Å². The van der Waals surface area contributed by atoms with E-state index >= 15 is 0 Å². The van der Waals surface area contributed by atoms with Gasteiger partial charge in [0.1, 0.15) is 24.9 Å². The summed E-state index contributed by atoms with van der Waals surface area (Å²) >= 11 is 0. The minimum absolute atomic E-state index is 0.0483. The fourth-order valence-corrected chi connectivity index (χ4v) is 8.06. The van der Waals surface area contributed by atoms with Crippen molar-refractivity contribution in [3.05, 3.63) is 30.0 Å². The van der Waals surface area contributed by atoms with Crippen LogP contribution in [0.25, 0.3) is 11.0 Å². The summed E-state index contributed by atoms with van der Waals surface area (Å²) in [5.41, 5.74) is 7.07. The Labute approximate surface area is 258 Å². The molecule has 44 heavy (non-hydrogen) atoms. The van der Waals surface area contributed by atoms with E-state index in [9.17, 15) is 18.8 Å². The van der Waals surface area contributed by atoms with Crippen LogP contribution in [0.5, 0.6) is 0 Å². The number of nitrogens with zero attached hydrogens (tertiary/aromatic N) is 1. The van der Waals surface area contributed by atoms with Gasteiger partial charge in [-0.05, 0) is 87.0 Å². The van der Waals surface area contributed by atoms with Crippen LogP contribution in [0.15, 0.2) is 28.7 Å². The van der Waals surface area contributed by atoms with Crippen molar-refractivity contribution in [2.45, 2.75) is 95.2 Å². The van der Waals surface area contributed by atoms with E-state index in [-0.39, 0.29) is 48.0 Å². The molecule has 4 aliphatic rings. The molecule has 2 aliphatic carbocycles. The number of esters is 1. The van der Waals surface area contributed by atoms with Crippen molar-refractivity contribution in [3.63, 3.8) is 0 Å². The first-order chi connectivity index (χ1) is 21.4. The first-order valence-corrected chi connectivity index (χ1v) is 16.7. The molecule has 0 spiro atoms. The number of alkyl halides is 1. The van der Waals surface area contributed by atoms with Crippen LogP contribution >= 0.6 is 0 Å². The number of fused-ring (bicyclic) bond motifs is 1. The molecule has 1 aromatic heterocycles. The van der Waals surface area contributed by atoms with Crippen LogP contribution in [0.1, 0.15) is 87.6 Å². The zero-order chi connectivity index (χ0) is 30.6. The molecule has 2 aliphatic heterocycles. The summed E-state index contributed by atoms with van der Waals surface area (Å²) in [4.78, 5) is 42.4. The number of hydrogen-bond donors (Lipinski definition) is 2. The van der Waals surface area contributed by atoms with Gasteiger partial charge in [0.15, 0.2) is 0 Å². The van der Waals surface area contributed by atoms with Crippen LogP contribution in [0.4, 0.5) is 10.1 Å². The third-order valence-corrected chi connectivity index (χ3v) is 10.6. The van der Waals surface area contributed by atoms with E-state index in [1.165, 1.54) is 6.42 Å². The molecule has 2 aromatic rings. The van der Waals surface area contributed by atoms with Gasteiger partial charge >= 0.3 is 5.97 Å². The Morgan fingerprint density at radius 2 is 1.80 bits per heavy atom. The van der Waals surface area contributed by atoms with Crippen molar-refractivity contribution in [1.82, 2.24) is 4.90 Å². The number of likely N-dealkylation sites (tertiary alicyclic amines) is 1. The Bertz CT molecular complexity index is 1310. The highest BCUT2D eigenvalue weighted by molar-refractivity contribution is 6.00. The quantitative estimate of drug-likeness (QED) is 0.354. The first-order valence-electron chi connectivity index (χ1n) is 16.7. The number of hydrogen-bond acceptors (Lipinski definition) is 7. The molecule has 2 saturated carbocycles. The number of ether oxygens (including phenoxy) is 2. The number of benzene rings is 1. The van der Waals surface area contributed by atoms with Gasteiger partial charge in [-0.2, -0.15) is 0 Å². The molecule has 4 fully saturated rings. The van der Waals surface area contributed by atoms with Crippen LogP contribution in [-0.4, -0.2) is 67.3 Å². The lowest BCUT2D eigenvalue weighted by molar-refractivity contribution is -0.142. The van der Waals surface area contributed by atoms with E-state index in [2.05, 4.69) is 5.32 Å². The van der Waals surface area contributed by atoms with Crippen molar-refractivity contribution in [3.8, 4) is 0 Å². The van der Waals surface area contributed by atoms with E-state index in [1.807, 2.05) is 4.90 Å². The number of anilines is 1. The Balaban J connectivity index is 1.15. The Morgan fingerprint density at radius 1 is 1.00 bits per heavy atom. The molecule has 2 amide bonds. The highest BCUT2D eigenvalue weighted by atomic mass is 19.1. The molecule has 2 saturated heterocycles. The van der Waals surface area contributed by atoms with Crippen molar-refractivity contribution >= 4 is 34.4 Å². The smallest absolute Gasteiger partial charge is 0.374 e. The first kappa shape index (κ1) is 31.0. The number of amides is 2. The maximum Gasteiger partial charge on any atom is 0.374 e. The number of nitrogens with two attached hydrogens (primary N) is 1. The molecule has 0 radical (unpaired) electrons. The molecule has 0 unspecified atom stereocenters. The normalized spacial score (nSPS) is 28.7. The monoisotopic (exact) mass is 611 g/mol. The zero-order valence-electron chi connectivity index (χ0n) is 25.5. The molecule has 3 N–H and O–H groups in total. The largest absolute Gasteiger partial charge is 0.457 e. The van der Waals surface area contributed by atoms with Crippen LogP contribution in [0, 0.1) is 23.7 Å². The standard InChI is InChI=1S/C34H46FN3O6/c35-19-28(36)22-8-10-23(11-9-22)33(40)38-15-14-27(21-5-2-1-3-6-21)31(38)32(39)37-25-12-13-29-24(17-25)18-30(44-29)34(41)43-20-26-7-4-16-42-26/h12-13,17-18,21-23,26-28,31H,1-11,14-16,19-20,36H2,(H,37,39)/t22-,23-,26-,27-,28+,31-/m0/s1. The van der Waals surface area contributed by atoms with Crippen molar-refractivity contribution in [2.24, 2.45) is 29.4 Å². The predicted octanol–water partition coefficient (Wildman–Crippen LogP) is 5.61. The van der Waals surface area contributed by atoms with E-state index < -0.39 is 24.7 Å². The summed E-state index contributed by atoms with van der Waals surface area (Å²) in [6.07, 6.45) is 11.2. The second-order valence-corrected chi connectivity index (χ2v) is 13.3. The summed E-state index contributed by atoms with van der Waals surface area (Å²) in [5.74, 6) is -0.0521. The molecule has 3 heterocycles. The minimum Gasteiger partial charge on any atom is -0.457 e. The topological polar surface area (TPSA) is 124 Å². The number of carbonyl (C=O) groups is 3. The summed E-state index contributed by atoms with van der Waals surface area (Å²) in [6.45, 7) is 0.933. The Hall–Kier alpha value is -2.98. The number of furan rings is 1. The molecule has 0 bridgehead atoms. The molecule has 6 rings (SSSR count). The third-order valence-electron chi connectivity index (χ3n) is 10.6. The fraction of sp³-hybridized carbons (Fsp3) is 0.676. The zero-order valence-corrected chi connectivity index (χ0v) is 25.5. The van der Waals surface area contributed by atoms with Gasteiger partial charge in [-0.15, -0.1) is 0 Å². The molecule has 240 valence electrons. The lowest BCUT2D eigenvalue weighted by Gasteiger charge is -2.36. The van der Waals surface area contributed by atoms with Gasteiger partial charge in [0.25, 0.3) is 0 Å². The molecule has 10 heteroatoms. The molecule has 4 atom stereocenters. The lowest BCUT2D eigenvalue weighted by atomic mass is 9.76. The highest BCUT2D eigenvalue weighted by Crippen LogP contribution is 2.41. The molecule has 1 aromatic carbocycles. The second-order valence-electron chi connectivity index (χ2n) is 13.3. The number of rotatable bonds is 9. The SMILES string of the molecule is N[C@H](CF)[C@H]1CC[C@H](C(=O)N2CC[C@@H](C3CCCCC3)[C@H]2C(=O)Nc2ccc3oc(C(=O)OC[C@@H]4CCCO4)cc3c2)CC1. The summed E-state index contributed by atoms with van der Waals surface area (Å²) in [7, 11) is 0. The average Bonchev–Trinajstić information content (AvgIpc) is 3.83. The van der Waals surface area contributed by atoms with Crippen LogP contribution in [0.3, 0.4) is 0 Å². The van der Waals surface area contributed by atoms with Crippen LogP contribution < -0.4 is 11.1 Å². The van der Waals surface area contributed by atoms with Crippen LogP contribution in [-0.2, 0) is 19.1 Å². The maximum absolute atomic E-state index is 14.0. The highest BCUT2D eigenvalue weighted by Gasteiger charge is 2.47. The van der Waals surface area contributed by atoms with Gasteiger partial charge in [0.2, 0.25) is 17.6 Å². The average molecular weight is 612 g/mol. The van der Waals surface area contributed by atoms with Crippen molar-refractivity contribution < 1.29 is 32.7 Å². The van der Waals surface area contributed by atoms with Gasteiger partial charge in [0, 0.05) is 36.2 Å². The number of carbonyl (C=O) groups excluding carboxylic acids is 3. The van der Waals surface area contributed by atoms with Gasteiger partial charge < -0.3 is 29.8 Å². The predicted molar refractivity (Wildman–Crippen MR) is 164 cm³/mol. The summed E-state index contributed by atoms with van der Waals surface area (Å²) in [6, 6.07) is 5.92. The molecular formula is C34H46FN3O6. The van der Waals surface area contributed by atoms with Gasteiger partial charge in [-0.3, -0.25) is 9.59 Å². The van der Waals surface area contributed by atoms with Crippen LogP contribution in [0.2, 0.25) is 0 Å². The van der Waals surface area contributed by atoms with Crippen molar-refractivity contribution in [2.75, 3.05) is 31.7 Å². The third kappa shape index (κ3) is 6.81. The van der Waals surface area contributed by atoms with E-state index in [0.29, 0.717) is 48.6 Å². The molecule has 9 nitrogen and oxygen atoms in total. The number of nitrogens with one attached hydrogen (secondary N) is 1. The van der Waals surface area contributed by atoms with E-state index in [4.69, 9.17) is 19.6 Å². The van der Waals surface area contributed by atoms with E-state index in [0.717, 1.165) is 57.8 Å². The Kier molecular flexibility index (Phi) is 9.86. The van der Waals surface area contributed by atoms with Gasteiger partial charge in [0.05, 0.1) is 6.10 Å².